The van der Waals surface area contributed by atoms with Crippen LogP contribution in [0, 0.1) is 0 Å². The molecule has 2 N–H and O–H groups in total. The van der Waals surface area contributed by atoms with Gasteiger partial charge in [0.1, 0.15) is 5.76 Å². The molecule has 0 aliphatic carbocycles. The van der Waals surface area contributed by atoms with E-state index >= 15 is 0 Å². The molecule has 3 heterocycles. The molecule has 7 heteroatoms. The van der Waals surface area contributed by atoms with Crippen molar-refractivity contribution in [2.75, 3.05) is 52.5 Å². The summed E-state index contributed by atoms with van der Waals surface area (Å²) in [6, 6.07) is 4.21. The van der Waals surface area contributed by atoms with Gasteiger partial charge in [-0.15, -0.1) is 0 Å². The first-order valence-electron chi connectivity index (χ1n) is 10.4. The fraction of sp³-hybridized carbons (Fsp3) is 0.750. The number of furan rings is 1. The Morgan fingerprint density at radius 1 is 1.33 bits per heavy atom. The van der Waals surface area contributed by atoms with E-state index < -0.39 is 0 Å². The second-order valence-corrected chi connectivity index (χ2v) is 7.13. The number of rotatable bonds is 10. The molecule has 2 atom stereocenters. The molecule has 27 heavy (non-hydrogen) atoms. The second-order valence-electron chi connectivity index (χ2n) is 7.13. The molecule has 2 saturated heterocycles. The summed E-state index contributed by atoms with van der Waals surface area (Å²) in [5.41, 5.74) is 0. The van der Waals surface area contributed by atoms with Crippen molar-refractivity contribution in [2.24, 2.45) is 4.99 Å². The summed E-state index contributed by atoms with van der Waals surface area (Å²) in [7, 11) is 0. The maximum absolute atomic E-state index is 5.72. The molecule has 2 aliphatic heterocycles. The number of ether oxygens (including phenoxy) is 2. The van der Waals surface area contributed by atoms with Gasteiger partial charge in [-0.05, 0) is 57.8 Å². The van der Waals surface area contributed by atoms with Gasteiger partial charge in [0.15, 0.2) is 5.96 Å². The summed E-state index contributed by atoms with van der Waals surface area (Å²) in [4.78, 5) is 7.27. The average Bonchev–Trinajstić information content (AvgIpc) is 3.44. The fourth-order valence-electron chi connectivity index (χ4n) is 3.67. The van der Waals surface area contributed by atoms with Crippen molar-refractivity contribution in [3.05, 3.63) is 24.2 Å². The predicted molar refractivity (Wildman–Crippen MR) is 106 cm³/mol. The Balaban J connectivity index is 1.45. The smallest absolute Gasteiger partial charge is 0.191 e. The molecule has 0 aromatic carbocycles. The quantitative estimate of drug-likeness (QED) is 0.369. The number of guanidine groups is 1. The standard InChI is InChI=1S/C20H34N4O3/c1-2-21-20(22-9-14-25-16-17-7-5-12-26-17)23-15-18(19-8-6-13-27-19)24-10-3-4-11-24/h6,8,13,17-18H,2-5,7,9-12,14-16H2,1H3,(H2,21,22,23). The molecule has 0 radical (unpaired) electrons. The molecule has 0 bridgehead atoms. The van der Waals surface area contributed by atoms with Crippen LogP contribution in [-0.2, 0) is 9.47 Å². The molecule has 0 spiro atoms. The zero-order valence-corrected chi connectivity index (χ0v) is 16.5. The van der Waals surface area contributed by atoms with Crippen molar-refractivity contribution in [2.45, 2.75) is 44.8 Å². The van der Waals surface area contributed by atoms with Gasteiger partial charge < -0.3 is 24.5 Å². The van der Waals surface area contributed by atoms with E-state index in [-0.39, 0.29) is 12.1 Å². The molecule has 152 valence electrons. The summed E-state index contributed by atoms with van der Waals surface area (Å²) in [6.45, 7) is 8.75. The lowest BCUT2D eigenvalue weighted by Crippen LogP contribution is -2.40. The van der Waals surface area contributed by atoms with E-state index in [0.29, 0.717) is 19.8 Å². The van der Waals surface area contributed by atoms with Crippen molar-refractivity contribution in [3.8, 4) is 0 Å². The zero-order valence-electron chi connectivity index (χ0n) is 16.5. The number of aliphatic imine (C=N–C) groups is 1. The van der Waals surface area contributed by atoms with Crippen LogP contribution in [0.25, 0.3) is 0 Å². The topological polar surface area (TPSA) is 71.3 Å². The van der Waals surface area contributed by atoms with Crippen LogP contribution in [0.4, 0.5) is 0 Å². The molecule has 2 unspecified atom stereocenters. The van der Waals surface area contributed by atoms with E-state index in [1.807, 2.05) is 6.07 Å². The van der Waals surface area contributed by atoms with Crippen LogP contribution >= 0.6 is 0 Å². The van der Waals surface area contributed by atoms with Gasteiger partial charge in [0.25, 0.3) is 0 Å². The first-order valence-corrected chi connectivity index (χ1v) is 10.4. The van der Waals surface area contributed by atoms with Crippen LogP contribution < -0.4 is 10.6 Å². The summed E-state index contributed by atoms with van der Waals surface area (Å²) >= 11 is 0. The van der Waals surface area contributed by atoms with Crippen molar-refractivity contribution in [3.63, 3.8) is 0 Å². The van der Waals surface area contributed by atoms with Crippen LogP contribution in [0.2, 0.25) is 0 Å². The van der Waals surface area contributed by atoms with Crippen molar-refractivity contribution in [1.29, 1.82) is 0 Å². The van der Waals surface area contributed by atoms with E-state index in [4.69, 9.17) is 18.9 Å². The van der Waals surface area contributed by atoms with E-state index in [2.05, 4.69) is 28.5 Å². The monoisotopic (exact) mass is 378 g/mol. The zero-order chi connectivity index (χ0) is 18.7. The maximum atomic E-state index is 5.72. The molecule has 3 rings (SSSR count). The lowest BCUT2D eigenvalue weighted by molar-refractivity contribution is 0.0191. The second kappa shape index (κ2) is 11.3. The number of hydrogen-bond acceptors (Lipinski definition) is 5. The van der Waals surface area contributed by atoms with E-state index in [1.54, 1.807) is 6.26 Å². The highest BCUT2D eigenvalue weighted by Crippen LogP contribution is 2.25. The first kappa shape index (κ1) is 20.2. The fourth-order valence-corrected chi connectivity index (χ4v) is 3.67. The van der Waals surface area contributed by atoms with Crippen LogP contribution in [0.15, 0.2) is 27.8 Å². The Morgan fingerprint density at radius 3 is 2.93 bits per heavy atom. The largest absolute Gasteiger partial charge is 0.468 e. The SMILES string of the molecule is CCNC(=NCC(c1ccco1)N1CCCC1)NCCOCC1CCCO1. The van der Waals surface area contributed by atoms with Crippen LogP contribution in [0.1, 0.15) is 44.4 Å². The molecule has 1 aromatic rings. The molecule has 2 aliphatic rings. The van der Waals surface area contributed by atoms with Gasteiger partial charge in [0.05, 0.1) is 38.2 Å². The molecular weight excluding hydrogens is 344 g/mol. The minimum atomic E-state index is 0.203. The molecule has 1 aromatic heterocycles. The molecule has 7 nitrogen and oxygen atoms in total. The van der Waals surface area contributed by atoms with Crippen molar-refractivity contribution < 1.29 is 13.9 Å². The minimum absolute atomic E-state index is 0.203. The van der Waals surface area contributed by atoms with Crippen molar-refractivity contribution >= 4 is 5.96 Å². The van der Waals surface area contributed by atoms with Crippen LogP contribution in [-0.4, -0.2) is 69.5 Å². The summed E-state index contributed by atoms with van der Waals surface area (Å²) in [5.74, 6) is 1.82. The van der Waals surface area contributed by atoms with Gasteiger partial charge in [0.2, 0.25) is 0 Å². The molecule has 2 fully saturated rings. The number of hydrogen-bond donors (Lipinski definition) is 2. The predicted octanol–water partition coefficient (Wildman–Crippen LogP) is 2.17. The number of nitrogens with zero attached hydrogens (tertiary/aromatic N) is 2. The third kappa shape index (κ3) is 6.52. The summed E-state index contributed by atoms with van der Waals surface area (Å²) in [6.07, 6.45) is 6.79. The third-order valence-electron chi connectivity index (χ3n) is 5.09. The molecule has 0 saturated carbocycles. The Bertz CT molecular complexity index is 537. The number of likely N-dealkylation sites (tertiary alicyclic amines) is 1. The average molecular weight is 379 g/mol. The highest BCUT2D eigenvalue weighted by Gasteiger charge is 2.25. The Labute approximate surface area is 162 Å². The van der Waals surface area contributed by atoms with Crippen molar-refractivity contribution in [1.82, 2.24) is 15.5 Å². The Hall–Kier alpha value is -1.57. The number of nitrogens with one attached hydrogen (secondary N) is 2. The summed E-state index contributed by atoms with van der Waals surface area (Å²) in [5, 5.41) is 6.68. The van der Waals surface area contributed by atoms with Gasteiger partial charge in [-0.25, -0.2) is 0 Å². The summed E-state index contributed by atoms with van der Waals surface area (Å²) < 4.78 is 17.0. The van der Waals surface area contributed by atoms with Gasteiger partial charge >= 0.3 is 0 Å². The first-order chi connectivity index (χ1) is 13.4. The van der Waals surface area contributed by atoms with E-state index in [1.165, 1.54) is 12.8 Å². The maximum Gasteiger partial charge on any atom is 0.191 e. The highest BCUT2D eigenvalue weighted by molar-refractivity contribution is 5.79. The lowest BCUT2D eigenvalue weighted by Gasteiger charge is -2.24. The van der Waals surface area contributed by atoms with Crippen LogP contribution in [0.5, 0.6) is 0 Å². The lowest BCUT2D eigenvalue weighted by atomic mass is 10.2. The van der Waals surface area contributed by atoms with E-state index in [0.717, 1.165) is 57.3 Å². The van der Waals surface area contributed by atoms with Gasteiger partial charge in [-0.2, -0.15) is 0 Å². The molecule has 0 amide bonds. The third-order valence-corrected chi connectivity index (χ3v) is 5.09. The Morgan fingerprint density at radius 2 is 2.22 bits per heavy atom. The van der Waals surface area contributed by atoms with Gasteiger partial charge in [-0.1, -0.05) is 0 Å². The van der Waals surface area contributed by atoms with E-state index in [9.17, 15) is 0 Å². The van der Waals surface area contributed by atoms with Gasteiger partial charge in [-0.3, -0.25) is 9.89 Å². The Kier molecular flexibility index (Phi) is 8.45. The highest BCUT2D eigenvalue weighted by atomic mass is 16.5. The van der Waals surface area contributed by atoms with Gasteiger partial charge in [0, 0.05) is 19.7 Å². The molecular formula is C20H34N4O3. The minimum Gasteiger partial charge on any atom is -0.468 e. The normalized spacial score (nSPS) is 22.3. The van der Waals surface area contributed by atoms with Crippen LogP contribution in [0.3, 0.4) is 0 Å².